The zero-order chi connectivity index (χ0) is 16.2. The van der Waals surface area contributed by atoms with Crippen LogP contribution in [0.2, 0.25) is 0 Å². The first-order chi connectivity index (χ1) is 10.4. The minimum absolute atomic E-state index is 0.283. The molecule has 3 nitrogen and oxygen atoms in total. The van der Waals surface area contributed by atoms with Gasteiger partial charge in [0.15, 0.2) is 0 Å². The summed E-state index contributed by atoms with van der Waals surface area (Å²) in [5.41, 5.74) is 1.30. The molecule has 0 spiro atoms. The first-order valence-corrected chi connectivity index (χ1v) is 9.79. The van der Waals surface area contributed by atoms with Gasteiger partial charge in [0.1, 0.15) is 9.84 Å². The molecule has 0 amide bonds. The van der Waals surface area contributed by atoms with E-state index in [2.05, 4.69) is 61.3 Å². The zero-order valence-electron chi connectivity index (χ0n) is 13.6. The van der Waals surface area contributed by atoms with Crippen molar-refractivity contribution in [1.82, 2.24) is 4.90 Å². The highest BCUT2D eigenvalue weighted by Crippen LogP contribution is 2.23. The fourth-order valence-electron chi connectivity index (χ4n) is 2.64. The summed E-state index contributed by atoms with van der Waals surface area (Å²) < 4.78 is 22.3. The molecule has 0 N–H and O–H groups in total. The summed E-state index contributed by atoms with van der Waals surface area (Å²) in [5.74, 6) is 0.283. The first-order valence-electron chi connectivity index (χ1n) is 7.73. The van der Waals surface area contributed by atoms with Gasteiger partial charge < -0.3 is 0 Å². The molecule has 120 valence electrons. The molecule has 0 heterocycles. The lowest BCUT2D eigenvalue weighted by molar-refractivity contribution is 0.258. The number of hydrogen-bond donors (Lipinski definition) is 0. The maximum atomic E-state index is 11.1. The van der Waals surface area contributed by atoms with Crippen LogP contribution in [0.25, 0.3) is 10.8 Å². The second-order valence-electron chi connectivity index (χ2n) is 6.10. The lowest BCUT2D eigenvalue weighted by Crippen LogP contribution is -2.24. The third-order valence-corrected chi connectivity index (χ3v) is 5.22. The topological polar surface area (TPSA) is 37.4 Å². The predicted octanol–water partition coefficient (Wildman–Crippen LogP) is 3.66. The van der Waals surface area contributed by atoms with Crippen LogP contribution in [0.5, 0.6) is 0 Å². The highest BCUT2D eigenvalue weighted by atomic mass is 32.2. The van der Waals surface area contributed by atoms with Crippen LogP contribution in [0.4, 0.5) is 0 Å². The first kappa shape index (κ1) is 17.0. The van der Waals surface area contributed by atoms with Crippen LogP contribution in [0.15, 0.2) is 42.5 Å². The van der Waals surface area contributed by atoms with Gasteiger partial charge in [0.05, 0.1) is 0 Å². The Hall–Kier alpha value is -1.39. The molecule has 0 bridgehead atoms. The number of benzene rings is 2. The molecule has 1 atom stereocenters. The maximum absolute atomic E-state index is 11.1. The van der Waals surface area contributed by atoms with Crippen molar-refractivity contribution in [1.29, 1.82) is 0 Å². The van der Waals surface area contributed by atoms with E-state index in [9.17, 15) is 8.42 Å². The van der Waals surface area contributed by atoms with E-state index in [-0.39, 0.29) is 5.75 Å². The standard InChI is InChI=1S/C18H25NO2S/c1-15(19(2)12-6-7-13-22(3,20)21)17-11-10-16-8-4-5-9-18(16)14-17/h4-5,8-11,14-15H,6-7,12-13H2,1-3H3. The molecule has 1 unspecified atom stereocenters. The van der Waals surface area contributed by atoms with Crippen LogP contribution in [-0.4, -0.2) is 38.9 Å². The molecule has 22 heavy (non-hydrogen) atoms. The monoisotopic (exact) mass is 319 g/mol. The van der Waals surface area contributed by atoms with Crippen LogP contribution in [0, 0.1) is 0 Å². The van der Waals surface area contributed by atoms with Crippen molar-refractivity contribution in [2.75, 3.05) is 25.6 Å². The number of sulfone groups is 1. The van der Waals surface area contributed by atoms with E-state index in [0.717, 1.165) is 19.4 Å². The molecular weight excluding hydrogens is 294 g/mol. The molecule has 0 aliphatic heterocycles. The van der Waals surface area contributed by atoms with Gasteiger partial charge in [0.25, 0.3) is 0 Å². The minimum Gasteiger partial charge on any atom is -0.300 e. The lowest BCUT2D eigenvalue weighted by atomic mass is 10.0. The molecule has 0 aliphatic rings. The van der Waals surface area contributed by atoms with Crippen molar-refractivity contribution < 1.29 is 8.42 Å². The molecule has 0 saturated carbocycles. The fourth-order valence-corrected chi connectivity index (χ4v) is 3.37. The van der Waals surface area contributed by atoms with Gasteiger partial charge in [-0.05, 0) is 55.8 Å². The van der Waals surface area contributed by atoms with Crippen LogP contribution in [-0.2, 0) is 9.84 Å². The Balaban J connectivity index is 1.95. The molecule has 2 aromatic carbocycles. The van der Waals surface area contributed by atoms with Crippen molar-refractivity contribution in [3.8, 4) is 0 Å². The molecule has 0 aliphatic carbocycles. The van der Waals surface area contributed by atoms with Gasteiger partial charge in [0, 0.05) is 18.1 Å². The fraction of sp³-hybridized carbons (Fsp3) is 0.444. The molecule has 4 heteroatoms. The van der Waals surface area contributed by atoms with Gasteiger partial charge in [0.2, 0.25) is 0 Å². The minimum atomic E-state index is -2.84. The van der Waals surface area contributed by atoms with Crippen LogP contribution in [0.3, 0.4) is 0 Å². The van der Waals surface area contributed by atoms with E-state index in [4.69, 9.17) is 0 Å². The summed E-state index contributed by atoms with van der Waals surface area (Å²) >= 11 is 0. The third kappa shape index (κ3) is 4.82. The lowest BCUT2D eigenvalue weighted by Gasteiger charge is -2.25. The second-order valence-corrected chi connectivity index (χ2v) is 8.36. The molecule has 0 fully saturated rings. The molecule has 0 aromatic heterocycles. The summed E-state index contributed by atoms with van der Waals surface area (Å²) in [4.78, 5) is 2.28. The highest BCUT2D eigenvalue weighted by molar-refractivity contribution is 7.90. The highest BCUT2D eigenvalue weighted by Gasteiger charge is 2.12. The Bertz CT molecular complexity index is 725. The SMILES string of the molecule is CC(c1ccc2ccccc2c1)N(C)CCCCS(C)(=O)=O. The normalized spacial score (nSPS) is 13.6. The second kappa shape index (κ2) is 7.25. The number of unbranched alkanes of at least 4 members (excludes halogenated alkanes) is 1. The molecule has 2 rings (SSSR count). The summed E-state index contributed by atoms with van der Waals surface area (Å²) in [5, 5.41) is 2.52. The molecule has 0 radical (unpaired) electrons. The van der Waals surface area contributed by atoms with Crippen molar-refractivity contribution in [2.45, 2.75) is 25.8 Å². The average molecular weight is 319 g/mol. The molecule has 2 aromatic rings. The van der Waals surface area contributed by atoms with E-state index >= 15 is 0 Å². The van der Waals surface area contributed by atoms with Crippen LogP contribution in [0.1, 0.15) is 31.4 Å². The van der Waals surface area contributed by atoms with Crippen molar-refractivity contribution in [3.05, 3.63) is 48.0 Å². The molecule has 0 saturated heterocycles. The number of fused-ring (bicyclic) bond motifs is 1. The van der Waals surface area contributed by atoms with Gasteiger partial charge >= 0.3 is 0 Å². The van der Waals surface area contributed by atoms with E-state index < -0.39 is 9.84 Å². The molecular formula is C18H25NO2S. The van der Waals surface area contributed by atoms with Gasteiger partial charge in [-0.25, -0.2) is 8.42 Å². The average Bonchev–Trinajstić information content (AvgIpc) is 2.49. The number of rotatable bonds is 7. The Morgan fingerprint density at radius 1 is 1.05 bits per heavy atom. The Morgan fingerprint density at radius 2 is 1.73 bits per heavy atom. The van der Waals surface area contributed by atoms with Crippen molar-refractivity contribution in [2.24, 2.45) is 0 Å². The van der Waals surface area contributed by atoms with Gasteiger partial charge in [-0.1, -0.05) is 36.4 Å². The van der Waals surface area contributed by atoms with E-state index in [0.29, 0.717) is 6.04 Å². The Morgan fingerprint density at radius 3 is 2.41 bits per heavy atom. The summed E-state index contributed by atoms with van der Waals surface area (Å²) in [6.07, 6.45) is 2.93. The van der Waals surface area contributed by atoms with Gasteiger partial charge in [-0.15, -0.1) is 0 Å². The van der Waals surface area contributed by atoms with E-state index in [1.54, 1.807) is 0 Å². The Kier molecular flexibility index (Phi) is 5.59. The maximum Gasteiger partial charge on any atom is 0.147 e. The van der Waals surface area contributed by atoms with Crippen molar-refractivity contribution >= 4 is 20.6 Å². The summed E-state index contributed by atoms with van der Waals surface area (Å²) in [7, 11) is -0.740. The summed E-state index contributed by atoms with van der Waals surface area (Å²) in [6, 6.07) is 15.3. The smallest absolute Gasteiger partial charge is 0.147 e. The summed E-state index contributed by atoms with van der Waals surface area (Å²) in [6.45, 7) is 3.10. The third-order valence-electron chi connectivity index (χ3n) is 4.19. The predicted molar refractivity (Wildman–Crippen MR) is 93.9 cm³/mol. The van der Waals surface area contributed by atoms with Crippen LogP contribution < -0.4 is 0 Å². The largest absolute Gasteiger partial charge is 0.300 e. The van der Waals surface area contributed by atoms with E-state index in [1.807, 2.05) is 0 Å². The van der Waals surface area contributed by atoms with Gasteiger partial charge in [-0.3, -0.25) is 4.90 Å². The van der Waals surface area contributed by atoms with Crippen molar-refractivity contribution in [3.63, 3.8) is 0 Å². The number of nitrogens with zero attached hydrogens (tertiary/aromatic N) is 1. The quantitative estimate of drug-likeness (QED) is 0.731. The number of hydrogen-bond acceptors (Lipinski definition) is 3. The van der Waals surface area contributed by atoms with Crippen LogP contribution >= 0.6 is 0 Å². The zero-order valence-corrected chi connectivity index (χ0v) is 14.4. The van der Waals surface area contributed by atoms with Gasteiger partial charge in [-0.2, -0.15) is 0 Å². The van der Waals surface area contributed by atoms with E-state index in [1.165, 1.54) is 22.6 Å². The Labute approximate surface area is 133 Å².